The van der Waals surface area contributed by atoms with Gasteiger partial charge in [-0.1, -0.05) is 12.8 Å². The van der Waals surface area contributed by atoms with Gasteiger partial charge in [-0.2, -0.15) is 0 Å². The normalized spacial score (nSPS) is 20.0. The molecule has 1 aromatic rings. The number of nitro benzene ring substituents is 1. The van der Waals surface area contributed by atoms with Gasteiger partial charge in [-0.25, -0.2) is 4.79 Å². The van der Waals surface area contributed by atoms with Crippen molar-refractivity contribution < 1.29 is 44.5 Å². The third-order valence-electron chi connectivity index (χ3n) is 6.18. The molecule has 1 saturated carbocycles. The molecule has 0 spiro atoms. The van der Waals surface area contributed by atoms with Gasteiger partial charge in [0.25, 0.3) is 5.69 Å². The molecular weight excluding hydrogens is 454 g/mol. The van der Waals surface area contributed by atoms with Crippen molar-refractivity contribution in [2.24, 2.45) is 0 Å². The summed E-state index contributed by atoms with van der Waals surface area (Å²) in [4.78, 5) is 60.0. The Labute approximate surface area is 194 Å². The number of carboxylic acid groups (broad SMARTS) is 4. The van der Waals surface area contributed by atoms with E-state index in [0.29, 0.717) is 25.7 Å². The van der Waals surface area contributed by atoms with Crippen LogP contribution in [0.4, 0.5) is 5.69 Å². The van der Waals surface area contributed by atoms with Gasteiger partial charge in [0.15, 0.2) is 0 Å². The number of carboxylic acids is 4. The Morgan fingerprint density at radius 2 is 1.38 bits per heavy atom. The maximum Gasteiger partial charge on any atom is 0.328 e. The lowest BCUT2D eigenvalue weighted by molar-refractivity contribution is -0.384. The Balaban J connectivity index is 2.61. The average molecular weight is 481 g/mol. The van der Waals surface area contributed by atoms with Gasteiger partial charge in [0.05, 0.1) is 24.6 Å². The van der Waals surface area contributed by atoms with Crippen molar-refractivity contribution in [3.63, 3.8) is 0 Å². The number of carbonyl (C=O) groups is 4. The van der Waals surface area contributed by atoms with Crippen LogP contribution in [0.25, 0.3) is 0 Å². The predicted octanol–water partition coefficient (Wildman–Crippen LogP) is 1.06. The van der Waals surface area contributed by atoms with Gasteiger partial charge in [0.1, 0.15) is 5.54 Å². The lowest BCUT2D eigenvalue weighted by atomic mass is 9.82. The molecule has 3 atom stereocenters. The van der Waals surface area contributed by atoms with E-state index in [1.54, 1.807) is 0 Å². The highest BCUT2D eigenvalue weighted by atomic mass is 16.6. The SMILES string of the molecule is C[C@](C(=O)O)(c1ccc([N+](=O)[O-])cc1)N(CC(=O)O)[C@@H]1CCCC[C@H]1N(CC(=O)O)CC(=O)O. The first-order valence-electron chi connectivity index (χ1n) is 10.5. The molecule has 1 aromatic carbocycles. The zero-order valence-electron chi connectivity index (χ0n) is 18.5. The maximum atomic E-state index is 12.6. The first-order chi connectivity index (χ1) is 15.9. The first kappa shape index (κ1) is 26.7. The van der Waals surface area contributed by atoms with Crippen LogP contribution in [0.2, 0.25) is 0 Å². The lowest BCUT2D eigenvalue weighted by Gasteiger charge is -2.49. The van der Waals surface area contributed by atoms with Crippen molar-refractivity contribution in [1.82, 2.24) is 9.80 Å². The third kappa shape index (κ3) is 6.05. The standard InChI is InChI=1S/C21H27N3O10/c1-21(20(31)32,13-6-8-14(9-7-13)24(33)34)23(12-19(29)30)16-5-3-2-4-15(16)22(10-17(25)26)11-18(27)28/h6-9,15-16H,2-5,10-12H2,1H3,(H,25,26)(H,27,28)(H,29,30)(H,31,32)/t15-,16-,21-/m1/s1. The molecule has 34 heavy (non-hydrogen) atoms. The second kappa shape index (κ2) is 11.0. The number of benzene rings is 1. The van der Waals surface area contributed by atoms with Crippen molar-refractivity contribution in [3.8, 4) is 0 Å². The van der Waals surface area contributed by atoms with Crippen LogP contribution in [0.15, 0.2) is 24.3 Å². The van der Waals surface area contributed by atoms with E-state index in [1.165, 1.54) is 28.9 Å². The van der Waals surface area contributed by atoms with E-state index in [1.807, 2.05) is 0 Å². The van der Waals surface area contributed by atoms with Gasteiger partial charge in [-0.3, -0.25) is 34.3 Å². The van der Waals surface area contributed by atoms with Gasteiger partial charge in [0, 0.05) is 24.2 Å². The van der Waals surface area contributed by atoms with E-state index in [4.69, 9.17) is 0 Å². The van der Waals surface area contributed by atoms with Gasteiger partial charge < -0.3 is 20.4 Å². The van der Waals surface area contributed by atoms with Crippen LogP contribution in [0.3, 0.4) is 0 Å². The van der Waals surface area contributed by atoms with Crippen molar-refractivity contribution in [3.05, 3.63) is 39.9 Å². The molecule has 186 valence electrons. The summed E-state index contributed by atoms with van der Waals surface area (Å²) in [7, 11) is 0. The Morgan fingerprint density at radius 1 is 0.912 bits per heavy atom. The van der Waals surface area contributed by atoms with E-state index in [-0.39, 0.29) is 11.3 Å². The predicted molar refractivity (Wildman–Crippen MR) is 115 cm³/mol. The molecule has 13 heteroatoms. The van der Waals surface area contributed by atoms with Gasteiger partial charge in [0.2, 0.25) is 0 Å². The topological polar surface area (TPSA) is 199 Å². The molecule has 0 aliphatic heterocycles. The summed E-state index contributed by atoms with van der Waals surface area (Å²) in [5.74, 6) is -5.28. The van der Waals surface area contributed by atoms with Crippen molar-refractivity contribution in [2.45, 2.75) is 50.2 Å². The van der Waals surface area contributed by atoms with Crippen LogP contribution in [0, 0.1) is 10.1 Å². The number of aliphatic carboxylic acids is 4. The highest BCUT2D eigenvalue weighted by molar-refractivity contribution is 5.82. The number of hydrogen-bond donors (Lipinski definition) is 4. The van der Waals surface area contributed by atoms with Crippen molar-refractivity contribution in [1.29, 1.82) is 0 Å². The van der Waals surface area contributed by atoms with E-state index in [0.717, 1.165) is 12.1 Å². The molecule has 4 N–H and O–H groups in total. The van der Waals surface area contributed by atoms with Crippen LogP contribution in [-0.4, -0.2) is 90.7 Å². The summed E-state index contributed by atoms with van der Waals surface area (Å²) in [6.07, 6.45) is 1.88. The number of non-ortho nitro benzene ring substituents is 1. The Bertz CT molecular complexity index is 935. The summed E-state index contributed by atoms with van der Waals surface area (Å²) < 4.78 is 0. The molecule has 0 bridgehead atoms. The lowest BCUT2D eigenvalue weighted by Crippen LogP contribution is -2.63. The van der Waals surface area contributed by atoms with Crippen molar-refractivity contribution >= 4 is 29.6 Å². The van der Waals surface area contributed by atoms with E-state index in [2.05, 4.69) is 0 Å². The molecule has 2 rings (SSSR count). The Hall–Kier alpha value is -3.58. The van der Waals surface area contributed by atoms with Crippen LogP contribution < -0.4 is 0 Å². The summed E-state index contributed by atoms with van der Waals surface area (Å²) in [6.45, 7) is -0.676. The minimum Gasteiger partial charge on any atom is -0.480 e. The van der Waals surface area contributed by atoms with Gasteiger partial charge >= 0.3 is 23.9 Å². The fourth-order valence-corrected chi connectivity index (χ4v) is 4.59. The van der Waals surface area contributed by atoms with Crippen LogP contribution in [0.1, 0.15) is 38.2 Å². The Kier molecular flexibility index (Phi) is 8.65. The smallest absolute Gasteiger partial charge is 0.328 e. The monoisotopic (exact) mass is 481 g/mol. The zero-order chi connectivity index (χ0) is 25.6. The molecule has 0 unspecified atom stereocenters. The summed E-state index contributed by atoms with van der Waals surface area (Å²) in [6, 6.07) is 3.18. The summed E-state index contributed by atoms with van der Waals surface area (Å²) >= 11 is 0. The molecule has 0 radical (unpaired) electrons. The summed E-state index contributed by atoms with van der Waals surface area (Å²) in [5, 5.41) is 49.5. The fraction of sp³-hybridized carbons (Fsp3) is 0.524. The Morgan fingerprint density at radius 3 is 1.79 bits per heavy atom. The minimum absolute atomic E-state index is 0.0965. The number of nitro groups is 1. The highest BCUT2D eigenvalue weighted by Crippen LogP contribution is 2.37. The zero-order valence-corrected chi connectivity index (χ0v) is 18.5. The molecule has 1 aliphatic rings. The van der Waals surface area contributed by atoms with E-state index >= 15 is 0 Å². The quantitative estimate of drug-likeness (QED) is 0.245. The molecule has 0 amide bonds. The maximum absolute atomic E-state index is 12.6. The van der Waals surface area contributed by atoms with Gasteiger partial charge in [-0.15, -0.1) is 0 Å². The van der Waals surface area contributed by atoms with Crippen LogP contribution in [-0.2, 0) is 24.7 Å². The molecule has 1 fully saturated rings. The minimum atomic E-state index is -1.95. The van der Waals surface area contributed by atoms with E-state index in [9.17, 15) is 49.7 Å². The number of nitrogens with zero attached hydrogens (tertiary/aromatic N) is 3. The number of rotatable bonds is 12. The van der Waals surface area contributed by atoms with Crippen LogP contribution in [0.5, 0.6) is 0 Å². The van der Waals surface area contributed by atoms with Crippen LogP contribution >= 0.6 is 0 Å². The second-order valence-corrected chi connectivity index (χ2v) is 8.31. The van der Waals surface area contributed by atoms with Gasteiger partial charge in [-0.05, 0) is 37.5 Å². The molecule has 0 saturated heterocycles. The van der Waals surface area contributed by atoms with E-state index < -0.39 is 66.1 Å². The molecule has 13 nitrogen and oxygen atoms in total. The number of hydrogen-bond acceptors (Lipinski definition) is 8. The molecule has 0 heterocycles. The van der Waals surface area contributed by atoms with Crippen molar-refractivity contribution in [2.75, 3.05) is 19.6 Å². The summed E-state index contributed by atoms with van der Waals surface area (Å²) in [5.41, 5.74) is -2.13. The fourth-order valence-electron chi connectivity index (χ4n) is 4.59. The molecule has 0 aromatic heterocycles. The largest absolute Gasteiger partial charge is 0.480 e. The second-order valence-electron chi connectivity index (χ2n) is 8.31. The molecule has 1 aliphatic carbocycles. The first-order valence-corrected chi connectivity index (χ1v) is 10.5. The highest BCUT2D eigenvalue weighted by Gasteiger charge is 2.49. The molecular formula is C21H27N3O10. The third-order valence-corrected chi connectivity index (χ3v) is 6.18. The average Bonchev–Trinajstić information content (AvgIpc) is 2.75.